The Morgan fingerprint density at radius 3 is 2.93 bits per heavy atom. The topological polar surface area (TPSA) is 92.8 Å². The number of hydrazone groups is 1. The third-order valence-corrected chi connectivity index (χ3v) is 5.75. The van der Waals surface area contributed by atoms with Gasteiger partial charge in [0.15, 0.2) is 0 Å². The first kappa shape index (κ1) is 18.7. The Bertz CT molecular complexity index is 1310. The molecule has 4 aromatic rings. The van der Waals surface area contributed by atoms with Crippen LogP contribution in [0, 0.1) is 6.92 Å². The number of aromatic nitrogens is 2. The summed E-state index contributed by atoms with van der Waals surface area (Å²) in [5, 5.41) is 7.73. The van der Waals surface area contributed by atoms with E-state index in [0.717, 1.165) is 34.7 Å². The largest absolute Gasteiger partial charge is 0.463 e. The molecule has 0 spiro atoms. The molecule has 4 heterocycles. The third-order valence-electron chi connectivity index (χ3n) is 4.94. The number of nitrogens with one attached hydrogen (secondary N) is 1. The summed E-state index contributed by atoms with van der Waals surface area (Å²) in [6.07, 6.45) is 2.84. The summed E-state index contributed by atoms with van der Waals surface area (Å²) < 4.78 is 11.0. The van der Waals surface area contributed by atoms with Crippen LogP contribution in [0.1, 0.15) is 11.1 Å². The van der Waals surface area contributed by atoms with Gasteiger partial charge >= 0.3 is 0 Å². The number of benzene rings is 1. The lowest BCUT2D eigenvalue weighted by atomic mass is 10.1. The van der Waals surface area contributed by atoms with Gasteiger partial charge in [0.2, 0.25) is 11.4 Å². The molecule has 1 N–H and O–H groups in total. The van der Waals surface area contributed by atoms with Crippen LogP contribution >= 0.6 is 11.3 Å². The first-order valence-electron chi connectivity index (χ1n) is 9.58. The Kier molecular flexibility index (Phi) is 4.89. The molecule has 152 valence electrons. The number of nitrogens with zero attached hydrogens (tertiary/aromatic N) is 4. The van der Waals surface area contributed by atoms with E-state index in [1.807, 2.05) is 30.5 Å². The standard InChI is InChI=1S/C21H19N5O3S/c1-13-2-3-17-16(10-13)18(27)14(12-29-17)11-22-25-21-23-19(26-5-7-28-8-6-26)15-4-9-30-20(15)24-21/h2-4,9-12H,5-8H2,1H3,(H,23,24,25)/b22-11+. The van der Waals surface area contributed by atoms with Crippen molar-refractivity contribution in [3.8, 4) is 0 Å². The SMILES string of the molecule is Cc1ccc2occ(/C=N/Nc3nc(N4CCOCC4)c4ccsc4n3)c(=O)c2c1. The molecule has 1 aromatic carbocycles. The molecule has 1 fully saturated rings. The van der Waals surface area contributed by atoms with E-state index in [1.165, 1.54) is 12.5 Å². The van der Waals surface area contributed by atoms with Crippen LogP contribution in [0.15, 0.2) is 50.2 Å². The lowest BCUT2D eigenvalue weighted by molar-refractivity contribution is 0.122. The van der Waals surface area contributed by atoms with Crippen LogP contribution in [0.4, 0.5) is 11.8 Å². The van der Waals surface area contributed by atoms with Crippen molar-refractivity contribution in [2.24, 2.45) is 5.10 Å². The number of fused-ring (bicyclic) bond motifs is 2. The molecule has 0 atom stereocenters. The lowest BCUT2D eigenvalue weighted by Crippen LogP contribution is -2.37. The maximum absolute atomic E-state index is 12.7. The Balaban J connectivity index is 1.44. The summed E-state index contributed by atoms with van der Waals surface area (Å²) in [5.41, 5.74) is 4.63. The molecule has 3 aromatic heterocycles. The highest BCUT2D eigenvalue weighted by Crippen LogP contribution is 2.29. The van der Waals surface area contributed by atoms with Crippen molar-refractivity contribution in [3.63, 3.8) is 0 Å². The zero-order valence-electron chi connectivity index (χ0n) is 16.3. The molecule has 30 heavy (non-hydrogen) atoms. The van der Waals surface area contributed by atoms with Crippen LogP contribution in [-0.4, -0.2) is 42.5 Å². The van der Waals surface area contributed by atoms with Crippen molar-refractivity contribution < 1.29 is 9.15 Å². The highest BCUT2D eigenvalue weighted by molar-refractivity contribution is 7.16. The average Bonchev–Trinajstić information content (AvgIpc) is 3.24. The third kappa shape index (κ3) is 3.53. The van der Waals surface area contributed by atoms with Crippen LogP contribution in [-0.2, 0) is 4.74 Å². The second-order valence-electron chi connectivity index (χ2n) is 7.00. The second kappa shape index (κ2) is 7.85. The zero-order chi connectivity index (χ0) is 20.5. The number of hydrogen-bond donors (Lipinski definition) is 1. The molecule has 0 saturated carbocycles. The summed E-state index contributed by atoms with van der Waals surface area (Å²) in [7, 11) is 0. The van der Waals surface area contributed by atoms with Gasteiger partial charge in [0.05, 0.1) is 35.8 Å². The van der Waals surface area contributed by atoms with Crippen molar-refractivity contribution in [3.05, 3.63) is 57.3 Å². The number of ether oxygens (including phenoxy) is 1. The summed E-state index contributed by atoms with van der Waals surface area (Å²) >= 11 is 1.55. The highest BCUT2D eigenvalue weighted by Gasteiger charge is 2.18. The van der Waals surface area contributed by atoms with Crippen LogP contribution in [0.25, 0.3) is 21.2 Å². The summed E-state index contributed by atoms with van der Waals surface area (Å²) in [4.78, 5) is 24.9. The molecule has 0 radical (unpaired) electrons. The van der Waals surface area contributed by atoms with E-state index in [4.69, 9.17) is 9.15 Å². The smallest absolute Gasteiger partial charge is 0.246 e. The normalized spacial score (nSPS) is 14.8. The number of anilines is 2. The Hall–Kier alpha value is -3.30. The first-order valence-corrected chi connectivity index (χ1v) is 10.5. The predicted molar refractivity (Wildman–Crippen MR) is 119 cm³/mol. The van der Waals surface area contributed by atoms with Crippen molar-refractivity contribution in [2.75, 3.05) is 36.6 Å². The summed E-state index contributed by atoms with van der Waals surface area (Å²) in [6, 6.07) is 7.54. The average molecular weight is 421 g/mol. The molecule has 1 saturated heterocycles. The van der Waals surface area contributed by atoms with Crippen LogP contribution < -0.4 is 15.8 Å². The molecule has 1 aliphatic rings. The summed E-state index contributed by atoms with van der Waals surface area (Å²) in [5.74, 6) is 1.24. The van der Waals surface area contributed by atoms with Gasteiger partial charge < -0.3 is 14.1 Å². The van der Waals surface area contributed by atoms with Crippen LogP contribution in [0.5, 0.6) is 0 Å². The van der Waals surface area contributed by atoms with Gasteiger partial charge in [-0.15, -0.1) is 11.3 Å². The molecule has 5 rings (SSSR count). The van der Waals surface area contributed by atoms with Gasteiger partial charge in [-0.1, -0.05) is 11.6 Å². The van der Waals surface area contributed by atoms with Gasteiger partial charge in [-0.05, 0) is 30.5 Å². The molecule has 8 nitrogen and oxygen atoms in total. The Morgan fingerprint density at radius 1 is 1.20 bits per heavy atom. The van der Waals surface area contributed by atoms with Gasteiger partial charge in [-0.25, -0.2) is 10.4 Å². The fourth-order valence-electron chi connectivity index (χ4n) is 3.41. The highest BCUT2D eigenvalue weighted by atomic mass is 32.1. The van der Waals surface area contributed by atoms with Gasteiger partial charge in [-0.3, -0.25) is 4.79 Å². The Morgan fingerprint density at radius 2 is 2.07 bits per heavy atom. The molecular formula is C21H19N5O3S. The molecule has 0 bridgehead atoms. The molecule has 0 unspecified atom stereocenters. The quantitative estimate of drug-likeness (QED) is 0.399. The number of thiophene rings is 1. The number of morpholine rings is 1. The van der Waals surface area contributed by atoms with Gasteiger partial charge in [-0.2, -0.15) is 10.1 Å². The number of hydrogen-bond acceptors (Lipinski definition) is 9. The number of aryl methyl sites for hydroxylation is 1. The van der Waals surface area contributed by atoms with Gasteiger partial charge in [0.25, 0.3) is 0 Å². The molecule has 0 aliphatic carbocycles. The zero-order valence-corrected chi connectivity index (χ0v) is 17.1. The molecule has 0 amide bonds. The lowest BCUT2D eigenvalue weighted by Gasteiger charge is -2.28. The minimum Gasteiger partial charge on any atom is -0.463 e. The first-order chi connectivity index (χ1) is 14.7. The van der Waals surface area contributed by atoms with E-state index in [0.29, 0.717) is 35.7 Å². The minimum absolute atomic E-state index is 0.130. The van der Waals surface area contributed by atoms with Crippen LogP contribution in [0.3, 0.4) is 0 Å². The molecule has 1 aliphatic heterocycles. The van der Waals surface area contributed by atoms with E-state index in [2.05, 4.69) is 25.4 Å². The monoisotopic (exact) mass is 421 g/mol. The van der Waals surface area contributed by atoms with Gasteiger partial charge in [0.1, 0.15) is 22.5 Å². The molecular weight excluding hydrogens is 402 g/mol. The molecule has 9 heteroatoms. The second-order valence-corrected chi connectivity index (χ2v) is 7.89. The van der Waals surface area contributed by atoms with E-state index in [1.54, 1.807) is 17.4 Å². The van der Waals surface area contributed by atoms with Gasteiger partial charge in [0, 0.05) is 13.1 Å². The fraction of sp³-hybridized carbons (Fsp3) is 0.238. The fourth-order valence-corrected chi connectivity index (χ4v) is 4.17. The van der Waals surface area contributed by atoms with Crippen molar-refractivity contribution >= 4 is 50.5 Å². The maximum Gasteiger partial charge on any atom is 0.246 e. The Labute approximate surface area is 175 Å². The number of rotatable bonds is 4. The summed E-state index contributed by atoms with van der Waals surface area (Å²) in [6.45, 7) is 4.84. The predicted octanol–water partition coefficient (Wildman–Crippen LogP) is 3.39. The van der Waals surface area contributed by atoms with E-state index in [9.17, 15) is 4.79 Å². The van der Waals surface area contributed by atoms with E-state index < -0.39 is 0 Å². The van der Waals surface area contributed by atoms with Crippen molar-refractivity contribution in [2.45, 2.75) is 6.92 Å². The maximum atomic E-state index is 12.7. The van der Waals surface area contributed by atoms with Crippen molar-refractivity contribution in [1.82, 2.24) is 9.97 Å². The minimum atomic E-state index is -0.130. The van der Waals surface area contributed by atoms with Crippen LogP contribution in [0.2, 0.25) is 0 Å². The van der Waals surface area contributed by atoms with E-state index >= 15 is 0 Å². The van der Waals surface area contributed by atoms with Crippen molar-refractivity contribution in [1.29, 1.82) is 0 Å². The van der Waals surface area contributed by atoms with E-state index in [-0.39, 0.29) is 5.43 Å².